The van der Waals surface area contributed by atoms with Crippen LogP contribution in [0, 0.1) is 23.7 Å². The number of hydrogen-bond acceptors (Lipinski definition) is 17. The molecule has 2 saturated heterocycles. The van der Waals surface area contributed by atoms with Crippen LogP contribution in [-0.2, 0) is 70.4 Å². The van der Waals surface area contributed by atoms with Crippen LogP contribution in [0.3, 0.4) is 0 Å². The number of ketones is 3. The number of likely N-dealkylation sites (N-methyl/N-ethyl adjacent to an activating group) is 1. The van der Waals surface area contributed by atoms with Gasteiger partial charge in [0, 0.05) is 89.4 Å². The molecule has 4 amide bonds. The number of rotatable bonds is 36. The Morgan fingerprint density at radius 1 is 0.966 bits per heavy atom. The number of nitrogens with two attached hydrogens (primary N) is 1. The molecule has 0 bridgehead atoms. The third-order valence-corrected chi connectivity index (χ3v) is 19.2. The number of nitrogens with zero attached hydrogens (tertiary/aromatic N) is 1. The molecule has 488 valence electrons. The van der Waals surface area contributed by atoms with Gasteiger partial charge in [-0.25, -0.2) is 18.0 Å². The number of sulfone groups is 1. The minimum atomic E-state index is -4.11. The predicted octanol–water partition coefficient (Wildman–Crippen LogP) is 8.16. The number of carbonyl (C=O) groups is 8. The fourth-order valence-electron chi connectivity index (χ4n) is 11.5. The van der Waals surface area contributed by atoms with Crippen molar-refractivity contribution in [2.24, 2.45) is 29.4 Å². The molecule has 5 rings (SSSR count). The number of ether oxygens (including phenoxy) is 5. The zero-order valence-corrected chi connectivity index (χ0v) is 54.9. The van der Waals surface area contributed by atoms with Crippen molar-refractivity contribution in [2.45, 2.75) is 204 Å². The van der Waals surface area contributed by atoms with Gasteiger partial charge in [0.1, 0.15) is 57.9 Å². The molecule has 0 radical (unpaired) electrons. The summed E-state index contributed by atoms with van der Waals surface area (Å²) in [6, 6.07) is 4.47. The van der Waals surface area contributed by atoms with Crippen LogP contribution in [0.2, 0.25) is 5.02 Å². The molecule has 23 heteroatoms. The minimum Gasteiger partial charge on any atom is -0.495 e. The van der Waals surface area contributed by atoms with Crippen molar-refractivity contribution in [3.05, 3.63) is 75.8 Å². The van der Waals surface area contributed by atoms with E-state index in [2.05, 4.69) is 16.0 Å². The molecular formula is C65H94ClN5O16S. The third kappa shape index (κ3) is 19.9. The van der Waals surface area contributed by atoms with Gasteiger partial charge in [-0.3, -0.25) is 28.8 Å². The highest BCUT2D eigenvalue weighted by Gasteiger charge is 2.63. The summed E-state index contributed by atoms with van der Waals surface area (Å²) in [5, 5.41) is 20.8. The second-order valence-electron chi connectivity index (χ2n) is 24.7. The topological polar surface area (TPSA) is 306 Å². The van der Waals surface area contributed by atoms with Gasteiger partial charge in [0.25, 0.3) is 5.91 Å². The van der Waals surface area contributed by atoms with Crippen LogP contribution in [0.5, 0.6) is 5.75 Å². The largest absolute Gasteiger partial charge is 0.495 e. The Kier molecular flexibility index (Phi) is 26.8. The fourth-order valence-corrected chi connectivity index (χ4v) is 12.7. The van der Waals surface area contributed by atoms with Crippen LogP contribution >= 0.6 is 11.6 Å². The van der Waals surface area contributed by atoms with E-state index in [1.54, 1.807) is 54.0 Å². The van der Waals surface area contributed by atoms with Crippen LogP contribution in [0.25, 0.3) is 0 Å². The van der Waals surface area contributed by atoms with Crippen molar-refractivity contribution in [1.29, 1.82) is 0 Å². The van der Waals surface area contributed by atoms with Gasteiger partial charge in [0.2, 0.25) is 5.91 Å². The minimum absolute atomic E-state index is 0.0165. The van der Waals surface area contributed by atoms with Crippen LogP contribution in [0.4, 0.5) is 10.5 Å². The lowest BCUT2D eigenvalue weighted by molar-refractivity contribution is -0.187. The molecule has 0 aromatic heterocycles. The summed E-state index contributed by atoms with van der Waals surface area (Å²) in [6.45, 7) is 12.3. The number of amides is 4. The van der Waals surface area contributed by atoms with E-state index in [1.165, 1.54) is 33.2 Å². The standard InChI is InChI=1S/C65H94ClN5O16S/c1-38(2)48(35-47(72)23-15-13-14-16-25-51(73)44-21-18-22-44)60(76)70-49(24-19-29-69-63(67)79)52(74)33-45-27-28-46(34-55(45)88(12,81)82)61(77)71(9)41(5)62(78)85-42(6)64(7)59(87-64)40(4)54-36-65(80,37-57(75)86-54)56(84-11)26-17-20-39(3)30-43-31-50(68-8)58(66)53(32-43)83-10/h17,20,26-28,31-32,34,38,40-42,44,48-49,54,56,59,68,80H,13-16,18-19,21-25,29-30,33,35-37H2,1-12H3,(H,70,76)(H3,67,69,79)/b26-17+,39-20+/t40-,41+,42+,48+,49+,54+,56-,59+,64+,65-/m1/s1. The molecule has 2 aromatic rings. The molecule has 6 N–H and O–H groups in total. The van der Waals surface area contributed by atoms with Gasteiger partial charge in [-0.1, -0.05) is 81.5 Å². The molecule has 2 aromatic carbocycles. The number of esters is 2. The summed E-state index contributed by atoms with van der Waals surface area (Å²) in [5.74, 6) is -3.81. The van der Waals surface area contributed by atoms with E-state index in [0.29, 0.717) is 35.8 Å². The molecule has 10 atom stereocenters. The van der Waals surface area contributed by atoms with Gasteiger partial charge in [-0.15, -0.1) is 0 Å². The summed E-state index contributed by atoms with van der Waals surface area (Å²) in [6.07, 6.45) is 10.0. The summed E-state index contributed by atoms with van der Waals surface area (Å²) in [7, 11) is 2.02. The van der Waals surface area contributed by atoms with Gasteiger partial charge >= 0.3 is 18.0 Å². The summed E-state index contributed by atoms with van der Waals surface area (Å²) in [5.41, 5.74) is 5.18. The first-order chi connectivity index (χ1) is 41.4. The Bertz CT molecular complexity index is 2990. The molecule has 3 fully saturated rings. The quantitative estimate of drug-likeness (QED) is 0.0186. The number of urea groups is 1. The number of Topliss-reactive ketones (excluding diaryl/α,β-unsaturated/α-hetero) is 3. The molecular weight excluding hydrogens is 1170 g/mol. The number of cyclic esters (lactones) is 1. The summed E-state index contributed by atoms with van der Waals surface area (Å²) < 4.78 is 55.8. The number of primary amides is 1. The Morgan fingerprint density at radius 3 is 2.25 bits per heavy atom. The number of carbonyl (C=O) groups excluding carboxylic acids is 8. The fraction of sp³-hybridized carbons (Fsp3) is 0.631. The highest BCUT2D eigenvalue weighted by atomic mass is 35.5. The van der Waals surface area contributed by atoms with Crippen molar-refractivity contribution in [3.63, 3.8) is 0 Å². The van der Waals surface area contributed by atoms with Crippen molar-refractivity contribution in [2.75, 3.05) is 46.4 Å². The van der Waals surface area contributed by atoms with E-state index in [-0.39, 0.29) is 78.7 Å². The zero-order valence-electron chi connectivity index (χ0n) is 53.3. The van der Waals surface area contributed by atoms with Gasteiger partial charge in [-0.05, 0) is 114 Å². The predicted molar refractivity (Wildman–Crippen MR) is 334 cm³/mol. The maximum absolute atomic E-state index is 14.2. The first kappa shape index (κ1) is 72.5. The SMILES string of the molecule is CNc1cc(C/C(C)=C/C=C/[C@@H](OC)[C@]2(O)CC(=O)O[C@H]([C@@H](C)[C@@H]3O[C@@]3(C)[C@H](C)OC(=O)[C@H](C)N(C)C(=O)c3ccc(CC(=O)[C@H](CCCNC(N)=O)NC(=O)[C@@H](CC(=O)CCCCCCC(=O)C4CCC4)C(C)C)c(S(C)(=O)=O)c3)C2)cc(OC)c1Cl. The normalized spacial score (nSPS) is 21.6. The first-order valence-electron chi connectivity index (χ1n) is 30.6. The first-order valence-corrected chi connectivity index (χ1v) is 32.9. The number of aliphatic hydroxyl groups is 1. The second kappa shape index (κ2) is 32.5. The molecule has 1 saturated carbocycles. The highest BCUT2D eigenvalue weighted by molar-refractivity contribution is 7.90. The van der Waals surface area contributed by atoms with E-state index < -0.39 is 111 Å². The molecule has 88 heavy (non-hydrogen) atoms. The van der Waals surface area contributed by atoms with Crippen molar-refractivity contribution in [1.82, 2.24) is 15.5 Å². The van der Waals surface area contributed by atoms with E-state index in [4.69, 9.17) is 41.0 Å². The van der Waals surface area contributed by atoms with E-state index in [1.807, 2.05) is 32.1 Å². The number of hydrogen-bond donors (Lipinski definition) is 5. The lowest BCUT2D eigenvalue weighted by atomic mass is 9.79. The van der Waals surface area contributed by atoms with Crippen molar-refractivity contribution in [3.8, 4) is 5.75 Å². The summed E-state index contributed by atoms with van der Waals surface area (Å²) >= 11 is 6.41. The highest BCUT2D eigenvalue weighted by Crippen LogP contribution is 2.48. The van der Waals surface area contributed by atoms with Crippen molar-refractivity contribution >= 4 is 74.3 Å². The Labute approximate surface area is 524 Å². The molecule has 1 aliphatic carbocycles. The number of anilines is 1. The van der Waals surface area contributed by atoms with Crippen molar-refractivity contribution < 1.29 is 75.6 Å². The smallest absolute Gasteiger partial charge is 0.328 e. The Morgan fingerprint density at radius 2 is 1.65 bits per heavy atom. The number of epoxide rings is 1. The number of unbranched alkanes of at least 4 members (excludes halogenated alkanes) is 3. The van der Waals surface area contributed by atoms with E-state index in [0.717, 1.165) is 72.6 Å². The van der Waals surface area contributed by atoms with Gasteiger partial charge in [0.05, 0.1) is 36.3 Å². The maximum Gasteiger partial charge on any atom is 0.328 e. The van der Waals surface area contributed by atoms with Gasteiger partial charge in [-0.2, -0.15) is 0 Å². The van der Waals surface area contributed by atoms with Gasteiger partial charge in [0.15, 0.2) is 15.6 Å². The third-order valence-electron chi connectivity index (χ3n) is 17.6. The average molecular weight is 1270 g/mol. The number of benzene rings is 2. The second-order valence-corrected chi connectivity index (χ2v) is 27.1. The average Bonchev–Trinajstić information content (AvgIpc) is 1.64. The lowest BCUT2D eigenvalue weighted by Crippen LogP contribution is -2.53. The molecule has 0 spiro atoms. The maximum atomic E-state index is 14.2. The Balaban J connectivity index is 1.19. The number of nitrogens with one attached hydrogen (secondary N) is 3. The van der Waals surface area contributed by atoms with Crippen LogP contribution in [0.15, 0.2) is 59.0 Å². The molecule has 21 nitrogen and oxygen atoms in total. The van der Waals surface area contributed by atoms with E-state index >= 15 is 0 Å². The number of methoxy groups -OCH3 is 2. The Hall–Kier alpha value is -6.20. The monoisotopic (exact) mass is 1270 g/mol. The van der Waals surface area contributed by atoms with Crippen LogP contribution in [-0.4, -0.2) is 154 Å². The zero-order chi connectivity index (χ0) is 65.4. The molecule has 2 aliphatic heterocycles. The number of halogens is 1. The molecule has 0 unspecified atom stereocenters. The molecule has 2 heterocycles. The van der Waals surface area contributed by atoms with Gasteiger partial charge < -0.3 is 55.4 Å². The lowest BCUT2D eigenvalue weighted by Gasteiger charge is -2.41. The summed E-state index contributed by atoms with van der Waals surface area (Å²) in [4.78, 5) is 107. The van der Waals surface area contributed by atoms with Crippen LogP contribution in [0.1, 0.15) is 160 Å². The number of allylic oxidation sites excluding steroid dienone is 3. The van der Waals surface area contributed by atoms with Crippen LogP contribution < -0.4 is 26.4 Å². The molecule has 3 aliphatic rings. The van der Waals surface area contributed by atoms with E-state index in [9.17, 15) is 51.9 Å².